The van der Waals surface area contributed by atoms with E-state index in [1.165, 1.54) is 0 Å². The molecule has 0 saturated carbocycles. The van der Waals surface area contributed by atoms with Crippen LogP contribution in [0.15, 0.2) is 18.2 Å². The van der Waals surface area contributed by atoms with Gasteiger partial charge >= 0.3 is 5.97 Å². The summed E-state index contributed by atoms with van der Waals surface area (Å²) >= 11 is 30.3. The molecule has 2 aromatic carbocycles. The van der Waals surface area contributed by atoms with E-state index in [-0.39, 0.29) is 31.2 Å². The van der Waals surface area contributed by atoms with Crippen LogP contribution in [0.25, 0.3) is 0 Å². The average molecular weight is 567 g/mol. The van der Waals surface area contributed by atoms with Crippen LogP contribution >= 0.6 is 58.0 Å². The third-order valence-corrected chi connectivity index (χ3v) is 7.14. The molecule has 2 aromatic rings. The number of anilines is 1. The largest absolute Gasteiger partial charge is 0.454 e. The molecule has 12 heteroatoms. The smallest absolute Gasteiger partial charge is 0.330 e. The van der Waals surface area contributed by atoms with Gasteiger partial charge in [0, 0.05) is 10.7 Å². The quantitative estimate of drug-likeness (QED) is 0.199. The molecule has 0 radical (unpaired) electrons. The van der Waals surface area contributed by atoms with Crippen molar-refractivity contribution in [2.24, 2.45) is 5.92 Å². The Balaban J connectivity index is 1.81. The Kier molecular flexibility index (Phi) is 8.05. The number of nitrogens with zero attached hydrogens (tertiary/aromatic N) is 1. The summed E-state index contributed by atoms with van der Waals surface area (Å²) in [6.45, 7) is 4.32. The number of imide groups is 1. The molecule has 7 nitrogen and oxygen atoms in total. The van der Waals surface area contributed by atoms with Crippen molar-refractivity contribution in [2.75, 3.05) is 11.9 Å². The fourth-order valence-electron chi connectivity index (χ4n) is 3.43. The van der Waals surface area contributed by atoms with Crippen molar-refractivity contribution >= 4 is 87.4 Å². The van der Waals surface area contributed by atoms with Crippen molar-refractivity contribution in [3.05, 3.63) is 60.0 Å². The van der Waals surface area contributed by atoms with Crippen molar-refractivity contribution in [1.29, 1.82) is 0 Å². The molecular formula is C22H17Cl5N2O5. The summed E-state index contributed by atoms with van der Waals surface area (Å²) in [7, 11) is 0. The third-order valence-electron chi connectivity index (χ3n) is 5.10. The number of carbonyl (C=O) groups is 4. The molecule has 1 N–H and O–H groups in total. The normalized spacial score (nSPS) is 13.9. The average Bonchev–Trinajstić information content (AvgIpc) is 3.02. The number of carbonyl (C=O) groups excluding carboxylic acids is 4. The van der Waals surface area contributed by atoms with Crippen molar-refractivity contribution in [1.82, 2.24) is 4.90 Å². The monoisotopic (exact) mass is 564 g/mol. The van der Waals surface area contributed by atoms with E-state index in [1.807, 2.05) is 0 Å². The summed E-state index contributed by atoms with van der Waals surface area (Å²) in [5, 5.41) is 2.13. The van der Waals surface area contributed by atoms with Crippen molar-refractivity contribution < 1.29 is 23.9 Å². The highest BCUT2D eigenvalue weighted by molar-refractivity contribution is 6.55. The van der Waals surface area contributed by atoms with Gasteiger partial charge in [-0.25, -0.2) is 4.79 Å². The minimum absolute atomic E-state index is 0.188. The Hall–Kier alpha value is -2.03. The summed E-state index contributed by atoms with van der Waals surface area (Å²) in [4.78, 5) is 52.1. The highest BCUT2D eigenvalue weighted by atomic mass is 35.5. The molecule has 1 aliphatic heterocycles. The minimum Gasteiger partial charge on any atom is -0.454 e. The van der Waals surface area contributed by atoms with E-state index >= 15 is 0 Å². The highest BCUT2D eigenvalue weighted by Gasteiger charge is 2.48. The molecular weight excluding hydrogens is 550 g/mol. The highest BCUT2D eigenvalue weighted by Crippen LogP contribution is 2.45. The van der Waals surface area contributed by atoms with Crippen LogP contribution in [-0.2, 0) is 14.3 Å². The number of nitrogens with one attached hydrogen (secondary N) is 1. The molecule has 0 bridgehead atoms. The molecule has 1 aliphatic rings. The number of hydrogen-bond donors (Lipinski definition) is 1. The molecule has 180 valence electrons. The second kappa shape index (κ2) is 10.3. The number of rotatable bonds is 6. The summed E-state index contributed by atoms with van der Waals surface area (Å²) in [6.07, 6.45) is 0. The van der Waals surface area contributed by atoms with E-state index in [2.05, 4.69) is 5.32 Å². The number of ether oxygens (including phenoxy) is 1. The predicted molar refractivity (Wildman–Crippen MR) is 131 cm³/mol. The lowest BCUT2D eigenvalue weighted by Gasteiger charge is -2.27. The molecule has 3 amide bonds. The van der Waals surface area contributed by atoms with Gasteiger partial charge in [0.1, 0.15) is 6.04 Å². The summed E-state index contributed by atoms with van der Waals surface area (Å²) in [5.74, 6) is -3.92. The zero-order chi connectivity index (χ0) is 25.5. The zero-order valence-electron chi connectivity index (χ0n) is 18.0. The molecule has 0 spiro atoms. The topological polar surface area (TPSA) is 92.8 Å². The van der Waals surface area contributed by atoms with Gasteiger partial charge in [-0.15, -0.1) is 0 Å². The third kappa shape index (κ3) is 4.86. The summed E-state index contributed by atoms with van der Waals surface area (Å²) in [6, 6.07) is 3.57. The summed E-state index contributed by atoms with van der Waals surface area (Å²) < 4.78 is 5.14. The number of hydrogen-bond acceptors (Lipinski definition) is 5. The zero-order valence-corrected chi connectivity index (χ0v) is 21.8. The van der Waals surface area contributed by atoms with E-state index in [4.69, 9.17) is 62.7 Å². The van der Waals surface area contributed by atoms with Crippen LogP contribution in [0.4, 0.5) is 5.69 Å². The molecule has 1 heterocycles. The van der Waals surface area contributed by atoms with E-state index in [0.717, 1.165) is 5.56 Å². The Labute approximate surface area is 220 Å². The van der Waals surface area contributed by atoms with Gasteiger partial charge in [-0.05, 0) is 30.5 Å². The van der Waals surface area contributed by atoms with Gasteiger partial charge in [-0.2, -0.15) is 0 Å². The number of amides is 3. The predicted octanol–water partition coefficient (Wildman–Crippen LogP) is 6.06. The molecule has 0 saturated heterocycles. The first kappa shape index (κ1) is 26.6. The van der Waals surface area contributed by atoms with Gasteiger partial charge in [0.25, 0.3) is 17.7 Å². The molecule has 0 unspecified atom stereocenters. The van der Waals surface area contributed by atoms with Gasteiger partial charge < -0.3 is 10.1 Å². The SMILES string of the molecule is Cc1ccc(Cl)cc1NC(=O)COC(=O)[C@H](C(C)C)N1C(=O)c2c(Cl)c(Cl)c(Cl)c(Cl)c2C1=O. The molecule has 0 fully saturated rings. The minimum atomic E-state index is -1.36. The van der Waals surface area contributed by atoms with Crippen LogP contribution < -0.4 is 5.32 Å². The Morgan fingerprint density at radius 3 is 1.97 bits per heavy atom. The lowest BCUT2D eigenvalue weighted by Crippen LogP contribution is -2.49. The van der Waals surface area contributed by atoms with Crippen molar-refractivity contribution in [3.63, 3.8) is 0 Å². The van der Waals surface area contributed by atoms with Crippen LogP contribution in [0.1, 0.15) is 40.1 Å². The fraction of sp³-hybridized carbons (Fsp3) is 0.273. The van der Waals surface area contributed by atoms with Crippen molar-refractivity contribution in [2.45, 2.75) is 26.8 Å². The Morgan fingerprint density at radius 2 is 1.47 bits per heavy atom. The van der Waals surface area contributed by atoms with E-state index < -0.39 is 42.3 Å². The van der Waals surface area contributed by atoms with Crippen LogP contribution in [-0.4, -0.2) is 41.2 Å². The fourth-order valence-corrected chi connectivity index (χ4v) is 4.62. The lowest BCUT2D eigenvalue weighted by atomic mass is 10.0. The maximum absolute atomic E-state index is 13.1. The number of benzene rings is 2. The van der Waals surface area contributed by atoms with E-state index in [1.54, 1.807) is 39.0 Å². The standard InChI is InChI=1S/C22H17Cl5N2O5/c1-8(2)19(22(33)34-7-12(30)28-11-6-10(23)5-4-9(11)3)29-20(31)13-14(21(29)32)16(25)18(27)17(26)15(13)24/h4-6,8,19H,7H2,1-3H3,(H,28,30)/t19-/m0/s1. The van der Waals surface area contributed by atoms with Gasteiger partial charge in [0.15, 0.2) is 6.61 Å². The van der Waals surface area contributed by atoms with Gasteiger partial charge in [-0.3, -0.25) is 19.3 Å². The first-order chi connectivity index (χ1) is 15.9. The first-order valence-electron chi connectivity index (χ1n) is 9.83. The van der Waals surface area contributed by atoms with Gasteiger partial charge in [0.05, 0.1) is 31.2 Å². The van der Waals surface area contributed by atoms with Gasteiger partial charge in [0.2, 0.25) is 0 Å². The number of fused-ring (bicyclic) bond motifs is 1. The number of halogens is 5. The second-order valence-electron chi connectivity index (χ2n) is 7.79. The Morgan fingerprint density at radius 1 is 0.941 bits per heavy atom. The number of aryl methyl sites for hydroxylation is 1. The number of esters is 1. The molecule has 1 atom stereocenters. The van der Waals surface area contributed by atoms with E-state index in [0.29, 0.717) is 15.6 Å². The lowest BCUT2D eigenvalue weighted by molar-refractivity contribution is -0.152. The van der Waals surface area contributed by atoms with Crippen LogP contribution in [0, 0.1) is 12.8 Å². The molecule has 0 aliphatic carbocycles. The molecule has 0 aromatic heterocycles. The molecule has 34 heavy (non-hydrogen) atoms. The molecule has 3 rings (SSSR count). The second-order valence-corrected chi connectivity index (χ2v) is 9.74. The van der Waals surface area contributed by atoms with Crippen LogP contribution in [0.5, 0.6) is 0 Å². The van der Waals surface area contributed by atoms with Crippen molar-refractivity contribution in [3.8, 4) is 0 Å². The van der Waals surface area contributed by atoms with E-state index in [9.17, 15) is 19.2 Å². The maximum Gasteiger partial charge on any atom is 0.330 e. The first-order valence-corrected chi connectivity index (χ1v) is 11.7. The van der Waals surface area contributed by atoms with Gasteiger partial charge in [-0.1, -0.05) is 77.9 Å². The van der Waals surface area contributed by atoms with Crippen LogP contribution in [0.2, 0.25) is 25.1 Å². The maximum atomic E-state index is 13.1. The van der Waals surface area contributed by atoms with Crippen LogP contribution in [0.3, 0.4) is 0 Å². The Bertz CT molecular complexity index is 1180. The summed E-state index contributed by atoms with van der Waals surface area (Å²) in [5.41, 5.74) is 0.700.